The lowest BCUT2D eigenvalue weighted by molar-refractivity contribution is 0.0262. The fraction of sp³-hybridized carbons (Fsp3) is 0.875. The SMILES string of the molecule is C/C=C/CCN1C2CCCC1CC(NCCC)C2. The van der Waals surface area contributed by atoms with E-state index < -0.39 is 0 Å². The van der Waals surface area contributed by atoms with E-state index in [2.05, 4.69) is 36.2 Å². The first-order valence-corrected chi connectivity index (χ1v) is 7.95. The zero-order chi connectivity index (χ0) is 12.8. The average molecular weight is 250 g/mol. The van der Waals surface area contributed by atoms with Crippen molar-refractivity contribution < 1.29 is 0 Å². The van der Waals surface area contributed by atoms with Gasteiger partial charge >= 0.3 is 0 Å². The molecule has 0 aromatic rings. The maximum atomic E-state index is 3.75. The van der Waals surface area contributed by atoms with Gasteiger partial charge in [0.25, 0.3) is 0 Å². The summed E-state index contributed by atoms with van der Waals surface area (Å²) >= 11 is 0. The minimum atomic E-state index is 0.790. The molecule has 104 valence electrons. The lowest BCUT2D eigenvalue weighted by Crippen LogP contribution is -2.56. The average Bonchev–Trinajstić information content (AvgIpc) is 2.36. The smallest absolute Gasteiger partial charge is 0.0113 e. The number of allylic oxidation sites excluding steroid dienone is 1. The molecule has 18 heavy (non-hydrogen) atoms. The van der Waals surface area contributed by atoms with Gasteiger partial charge in [0, 0.05) is 24.7 Å². The van der Waals surface area contributed by atoms with E-state index >= 15 is 0 Å². The Labute approximate surface area is 113 Å². The second-order valence-corrected chi connectivity index (χ2v) is 5.96. The summed E-state index contributed by atoms with van der Waals surface area (Å²) in [4.78, 5) is 2.81. The summed E-state index contributed by atoms with van der Waals surface area (Å²) in [7, 11) is 0. The van der Waals surface area contributed by atoms with E-state index in [4.69, 9.17) is 0 Å². The molecule has 2 nitrogen and oxygen atoms in total. The van der Waals surface area contributed by atoms with Crippen LogP contribution in [-0.4, -0.2) is 36.1 Å². The van der Waals surface area contributed by atoms with Crippen LogP contribution in [-0.2, 0) is 0 Å². The highest BCUT2D eigenvalue weighted by molar-refractivity contribution is 4.95. The van der Waals surface area contributed by atoms with Crippen molar-refractivity contribution in [3.63, 3.8) is 0 Å². The monoisotopic (exact) mass is 250 g/mol. The molecule has 2 aliphatic rings. The molecule has 2 saturated heterocycles. The quantitative estimate of drug-likeness (QED) is 0.727. The van der Waals surface area contributed by atoms with Crippen LogP contribution in [0.4, 0.5) is 0 Å². The van der Waals surface area contributed by atoms with Crippen molar-refractivity contribution in [1.82, 2.24) is 10.2 Å². The summed E-state index contributed by atoms with van der Waals surface area (Å²) in [5, 5.41) is 3.75. The van der Waals surface area contributed by atoms with Crippen molar-refractivity contribution in [2.45, 2.75) is 76.9 Å². The molecule has 2 rings (SSSR count). The summed E-state index contributed by atoms with van der Waals surface area (Å²) in [5.74, 6) is 0. The molecule has 0 amide bonds. The summed E-state index contributed by atoms with van der Waals surface area (Å²) in [6, 6.07) is 2.51. The van der Waals surface area contributed by atoms with E-state index in [9.17, 15) is 0 Å². The van der Waals surface area contributed by atoms with Crippen LogP contribution < -0.4 is 5.32 Å². The molecule has 2 atom stereocenters. The minimum Gasteiger partial charge on any atom is -0.314 e. The van der Waals surface area contributed by atoms with Gasteiger partial charge < -0.3 is 5.32 Å². The Kier molecular flexibility index (Phi) is 5.71. The summed E-state index contributed by atoms with van der Waals surface area (Å²) in [6.07, 6.45) is 14.1. The van der Waals surface area contributed by atoms with Gasteiger partial charge in [-0.05, 0) is 52.0 Å². The van der Waals surface area contributed by atoms with Crippen LogP contribution in [0.5, 0.6) is 0 Å². The van der Waals surface area contributed by atoms with Crippen molar-refractivity contribution in [3.05, 3.63) is 12.2 Å². The Morgan fingerprint density at radius 2 is 1.94 bits per heavy atom. The fourth-order valence-corrected chi connectivity index (χ4v) is 3.75. The lowest BCUT2D eigenvalue weighted by Gasteiger charge is -2.49. The summed E-state index contributed by atoms with van der Waals surface area (Å²) in [6.45, 7) is 6.87. The molecule has 0 radical (unpaired) electrons. The highest BCUT2D eigenvalue weighted by Gasteiger charge is 2.37. The van der Waals surface area contributed by atoms with Crippen molar-refractivity contribution in [3.8, 4) is 0 Å². The molecule has 0 saturated carbocycles. The molecule has 0 spiro atoms. The first kappa shape index (κ1) is 14.1. The number of nitrogens with one attached hydrogen (secondary N) is 1. The van der Waals surface area contributed by atoms with Gasteiger partial charge in [-0.2, -0.15) is 0 Å². The van der Waals surface area contributed by atoms with Crippen LogP contribution in [0.1, 0.15) is 58.8 Å². The molecule has 2 unspecified atom stereocenters. The van der Waals surface area contributed by atoms with Gasteiger partial charge in [-0.1, -0.05) is 25.5 Å². The predicted octanol–water partition coefficient (Wildman–Crippen LogP) is 3.34. The second kappa shape index (κ2) is 7.30. The molecule has 2 fully saturated rings. The van der Waals surface area contributed by atoms with Crippen molar-refractivity contribution >= 4 is 0 Å². The van der Waals surface area contributed by atoms with Gasteiger partial charge in [0.15, 0.2) is 0 Å². The molecule has 0 aromatic heterocycles. The minimum absolute atomic E-state index is 0.790. The van der Waals surface area contributed by atoms with Gasteiger partial charge in [-0.25, -0.2) is 0 Å². The predicted molar refractivity (Wildman–Crippen MR) is 78.9 cm³/mol. The van der Waals surface area contributed by atoms with Gasteiger partial charge in [0.1, 0.15) is 0 Å². The van der Waals surface area contributed by atoms with E-state index in [1.54, 1.807) is 0 Å². The molecule has 2 heterocycles. The summed E-state index contributed by atoms with van der Waals surface area (Å²) < 4.78 is 0. The maximum absolute atomic E-state index is 3.75. The molecular formula is C16H30N2. The Hall–Kier alpha value is -0.340. The van der Waals surface area contributed by atoms with Crippen molar-refractivity contribution in [2.75, 3.05) is 13.1 Å². The van der Waals surface area contributed by atoms with Crippen LogP contribution in [0.2, 0.25) is 0 Å². The van der Waals surface area contributed by atoms with Gasteiger partial charge in [-0.3, -0.25) is 4.90 Å². The highest BCUT2D eigenvalue weighted by atomic mass is 15.2. The maximum Gasteiger partial charge on any atom is 0.0113 e. The zero-order valence-electron chi connectivity index (χ0n) is 12.2. The van der Waals surface area contributed by atoms with E-state index in [0.29, 0.717) is 0 Å². The van der Waals surface area contributed by atoms with Crippen LogP contribution >= 0.6 is 0 Å². The standard InChI is InChI=1S/C16H30N2/c1-3-5-6-11-18-15-8-7-9-16(18)13-14(12-15)17-10-4-2/h3,5,14-17H,4,6-13H2,1-2H3/b5-3+. The Balaban J connectivity index is 1.86. The largest absolute Gasteiger partial charge is 0.314 e. The zero-order valence-corrected chi connectivity index (χ0v) is 12.2. The summed E-state index contributed by atoms with van der Waals surface area (Å²) in [5.41, 5.74) is 0. The van der Waals surface area contributed by atoms with Crippen molar-refractivity contribution in [2.24, 2.45) is 0 Å². The molecule has 2 heteroatoms. The molecule has 0 aliphatic carbocycles. The third-order valence-electron chi connectivity index (χ3n) is 4.60. The number of hydrogen-bond donors (Lipinski definition) is 1. The number of rotatable bonds is 6. The molecular weight excluding hydrogens is 220 g/mol. The third-order valence-corrected chi connectivity index (χ3v) is 4.60. The van der Waals surface area contributed by atoms with Crippen LogP contribution in [0.25, 0.3) is 0 Å². The topological polar surface area (TPSA) is 15.3 Å². The fourth-order valence-electron chi connectivity index (χ4n) is 3.75. The first-order valence-electron chi connectivity index (χ1n) is 7.95. The Morgan fingerprint density at radius 3 is 2.56 bits per heavy atom. The van der Waals surface area contributed by atoms with Crippen LogP contribution in [0.15, 0.2) is 12.2 Å². The molecule has 2 bridgehead atoms. The third kappa shape index (κ3) is 3.58. The van der Waals surface area contributed by atoms with Gasteiger partial charge in [0.2, 0.25) is 0 Å². The van der Waals surface area contributed by atoms with Gasteiger partial charge in [-0.15, -0.1) is 0 Å². The number of piperidine rings is 2. The molecule has 1 N–H and O–H groups in total. The Morgan fingerprint density at radius 1 is 1.22 bits per heavy atom. The van der Waals surface area contributed by atoms with Crippen molar-refractivity contribution in [1.29, 1.82) is 0 Å². The number of fused-ring (bicyclic) bond motifs is 2. The Bertz CT molecular complexity index is 248. The highest BCUT2D eigenvalue weighted by Crippen LogP contribution is 2.34. The molecule has 2 aliphatic heterocycles. The van der Waals surface area contributed by atoms with Gasteiger partial charge in [0.05, 0.1) is 0 Å². The van der Waals surface area contributed by atoms with E-state index in [1.807, 2.05) is 0 Å². The second-order valence-electron chi connectivity index (χ2n) is 5.96. The first-order chi connectivity index (χ1) is 8.85. The molecule has 0 aromatic carbocycles. The number of hydrogen-bond acceptors (Lipinski definition) is 2. The van der Waals surface area contributed by atoms with Crippen LogP contribution in [0.3, 0.4) is 0 Å². The van der Waals surface area contributed by atoms with E-state index in [-0.39, 0.29) is 0 Å². The lowest BCUT2D eigenvalue weighted by atomic mass is 9.81. The normalized spacial score (nSPS) is 33.1. The van der Waals surface area contributed by atoms with E-state index in [0.717, 1.165) is 18.1 Å². The van der Waals surface area contributed by atoms with E-state index in [1.165, 1.54) is 58.0 Å². The number of nitrogens with zero attached hydrogens (tertiary/aromatic N) is 1. The van der Waals surface area contributed by atoms with Crippen LogP contribution in [0, 0.1) is 0 Å².